The van der Waals surface area contributed by atoms with E-state index in [-0.39, 0.29) is 12.1 Å². The van der Waals surface area contributed by atoms with Crippen molar-refractivity contribution >= 4 is 11.9 Å². The van der Waals surface area contributed by atoms with Gasteiger partial charge in [0.1, 0.15) is 6.04 Å². The molecular formula is C18H22N4O3. The van der Waals surface area contributed by atoms with Crippen LogP contribution in [0.1, 0.15) is 22.4 Å². The van der Waals surface area contributed by atoms with Gasteiger partial charge in [-0.25, -0.2) is 4.79 Å². The molecule has 0 spiro atoms. The monoisotopic (exact) mass is 342 g/mol. The molecular weight excluding hydrogens is 320 g/mol. The van der Waals surface area contributed by atoms with E-state index in [0.717, 1.165) is 16.8 Å². The Morgan fingerprint density at radius 3 is 2.48 bits per heavy atom. The van der Waals surface area contributed by atoms with Gasteiger partial charge in [0.25, 0.3) is 5.56 Å². The average Bonchev–Trinajstić information content (AvgIpc) is 2.53. The Morgan fingerprint density at radius 1 is 1.20 bits per heavy atom. The second kappa shape index (κ2) is 8.14. The molecule has 5 N–H and O–H groups in total. The van der Waals surface area contributed by atoms with Crippen LogP contribution in [-0.2, 0) is 17.8 Å². The summed E-state index contributed by atoms with van der Waals surface area (Å²) in [5.41, 5.74) is 7.86. The number of nitrogens with two attached hydrogens (primary N) is 1. The molecule has 1 unspecified atom stereocenters. The van der Waals surface area contributed by atoms with Crippen LogP contribution in [0.15, 0.2) is 41.2 Å². The fraction of sp³-hybridized carbons (Fsp3) is 0.278. The predicted molar refractivity (Wildman–Crippen MR) is 95.0 cm³/mol. The van der Waals surface area contributed by atoms with Crippen molar-refractivity contribution in [1.29, 1.82) is 0 Å². The first-order valence-electron chi connectivity index (χ1n) is 7.94. The van der Waals surface area contributed by atoms with Crippen molar-refractivity contribution in [2.75, 3.05) is 0 Å². The van der Waals surface area contributed by atoms with Gasteiger partial charge in [-0.15, -0.1) is 0 Å². The molecule has 2 rings (SSSR count). The summed E-state index contributed by atoms with van der Waals surface area (Å²) in [6, 6.07) is 9.53. The second-order valence-electron chi connectivity index (χ2n) is 5.91. The first-order valence-corrected chi connectivity index (χ1v) is 7.94. The van der Waals surface area contributed by atoms with Crippen molar-refractivity contribution in [1.82, 2.24) is 15.6 Å². The van der Waals surface area contributed by atoms with Gasteiger partial charge in [-0.2, -0.15) is 0 Å². The number of benzene rings is 1. The number of amides is 3. The van der Waals surface area contributed by atoms with Crippen LogP contribution in [-0.4, -0.2) is 23.0 Å². The van der Waals surface area contributed by atoms with Gasteiger partial charge in [0, 0.05) is 24.2 Å². The molecule has 0 saturated carbocycles. The Balaban J connectivity index is 2.09. The Labute approximate surface area is 145 Å². The van der Waals surface area contributed by atoms with E-state index in [4.69, 9.17) is 5.73 Å². The van der Waals surface area contributed by atoms with Gasteiger partial charge in [0.2, 0.25) is 5.91 Å². The summed E-state index contributed by atoms with van der Waals surface area (Å²) in [6.45, 7) is 3.68. The van der Waals surface area contributed by atoms with E-state index >= 15 is 0 Å². The topological polar surface area (TPSA) is 117 Å². The molecule has 3 amide bonds. The molecule has 0 aliphatic heterocycles. The zero-order valence-electron chi connectivity index (χ0n) is 14.3. The lowest BCUT2D eigenvalue weighted by Gasteiger charge is -2.18. The summed E-state index contributed by atoms with van der Waals surface area (Å²) >= 11 is 0. The van der Waals surface area contributed by atoms with E-state index in [2.05, 4.69) is 15.6 Å². The number of primary amides is 1. The molecule has 1 aromatic carbocycles. The van der Waals surface area contributed by atoms with Gasteiger partial charge in [0.15, 0.2) is 0 Å². The highest BCUT2D eigenvalue weighted by Gasteiger charge is 2.20. The fourth-order valence-corrected chi connectivity index (χ4v) is 2.63. The lowest BCUT2D eigenvalue weighted by atomic mass is 10.0. The predicted octanol–water partition coefficient (Wildman–Crippen LogP) is 0.888. The van der Waals surface area contributed by atoms with Crippen molar-refractivity contribution < 1.29 is 9.59 Å². The minimum absolute atomic E-state index is 0.0754. The highest BCUT2D eigenvalue weighted by atomic mass is 16.2. The largest absolute Gasteiger partial charge is 0.352 e. The number of hydrogen-bond donors (Lipinski definition) is 4. The lowest BCUT2D eigenvalue weighted by molar-refractivity contribution is -0.123. The van der Waals surface area contributed by atoms with Gasteiger partial charge in [-0.3, -0.25) is 9.59 Å². The first-order chi connectivity index (χ1) is 11.9. The lowest BCUT2D eigenvalue weighted by Crippen LogP contribution is -2.49. The van der Waals surface area contributed by atoms with Crippen molar-refractivity contribution in [2.24, 2.45) is 5.73 Å². The number of H-pyrrole nitrogens is 1. The standard InChI is InChI=1S/C18H22N4O3/c1-11-8-12(2)21-16(23)14(11)10-20-17(24)15(22-18(19)25)9-13-6-4-3-5-7-13/h3-8,15H,9-10H2,1-2H3,(H,20,24)(H,21,23)(H3,19,22,25). The zero-order valence-corrected chi connectivity index (χ0v) is 14.3. The molecule has 0 bridgehead atoms. The molecule has 0 aliphatic carbocycles. The molecule has 7 nitrogen and oxygen atoms in total. The Bertz CT molecular complexity index is 815. The number of aromatic amines is 1. The highest BCUT2D eigenvalue weighted by molar-refractivity contribution is 5.86. The maximum atomic E-state index is 12.5. The third-order valence-electron chi connectivity index (χ3n) is 3.85. The molecule has 0 fully saturated rings. The van der Waals surface area contributed by atoms with Crippen LogP contribution < -0.4 is 21.9 Å². The van der Waals surface area contributed by atoms with Crippen LogP contribution in [0.25, 0.3) is 0 Å². The number of nitrogens with one attached hydrogen (secondary N) is 3. The van der Waals surface area contributed by atoms with Crippen molar-refractivity contribution in [3.63, 3.8) is 0 Å². The fourth-order valence-electron chi connectivity index (χ4n) is 2.63. The zero-order chi connectivity index (χ0) is 18.4. The third kappa shape index (κ3) is 5.20. The van der Waals surface area contributed by atoms with Crippen LogP contribution in [0.3, 0.4) is 0 Å². The van der Waals surface area contributed by atoms with E-state index in [1.54, 1.807) is 6.92 Å². The van der Waals surface area contributed by atoms with E-state index in [9.17, 15) is 14.4 Å². The number of pyridine rings is 1. The minimum Gasteiger partial charge on any atom is -0.352 e. The molecule has 1 aromatic heterocycles. The van der Waals surface area contributed by atoms with E-state index in [0.29, 0.717) is 12.0 Å². The molecule has 132 valence electrons. The van der Waals surface area contributed by atoms with Gasteiger partial charge in [0.05, 0.1) is 0 Å². The Hall–Kier alpha value is -3.09. The van der Waals surface area contributed by atoms with Crippen LogP contribution in [0, 0.1) is 13.8 Å². The minimum atomic E-state index is -0.815. The number of rotatable bonds is 6. The SMILES string of the molecule is Cc1cc(C)c(CNC(=O)C(Cc2ccccc2)NC(N)=O)c(=O)[nH]1. The van der Waals surface area contributed by atoms with E-state index in [1.165, 1.54) is 0 Å². The molecule has 0 aliphatic rings. The normalized spacial score (nSPS) is 11.6. The molecule has 0 saturated heterocycles. The van der Waals surface area contributed by atoms with Crippen LogP contribution in [0.4, 0.5) is 4.79 Å². The number of hydrogen-bond acceptors (Lipinski definition) is 3. The second-order valence-corrected chi connectivity index (χ2v) is 5.91. The molecule has 7 heteroatoms. The first kappa shape index (κ1) is 18.3. The summed E-state index contributed by atoms with van der Waals surface area (Å²) in [7, 11) is 0. The third-order valence-corrected chi connectivity index (χ3v) is 3.85. The summed E-state index contributed by atoms with van der Waals surface area (Å²) in [5, 5.41) is 5.14. The summed E-state index contributed by atoms with van der Waals surface area (Å²) in [6.07, 6.45) is 0.304. The Kier molecular flexibility index (Phi) is 5.94. The molecule has 1 atom stereocenters. The van der Waals surface area contributed by atoms with Gasteiger partial charge in [-0.1, -0.05) is 30.3 Å². The molecule has 25 heavy (non-hydrogen) atoms. The molecule has 2 aromatic rings. The summed E-state index contributed by atoms with van der Waals surface area (Å²) < 4.78 is 0. The number of carbonyl (C=O) groups is 2. The highest BCUT2D eigenvalue weighted by Crippen LogP contribution is 2.06. The number of urea groups is 1. The van der Waals surface area contributed by atoms with Gasteiger partial charge < -0.3 is 21.4 Å². The van der Waals surface area contributed by atoms with Crippen LogP contribution in [0.2, 0.25) is 0 Å². The van der Waals surface area contributed by atoms with Crippen molar-refractivity contribution in [3.05, 3.63) is 69.1 Å². The van der Waals surface area contributed by atoms with E-state index < -0.39 is 18.0 Å². The van der Waals surface area contributed by atoms with Crippen molar-refractivity contribution in [2.45, 2.75) is 32.9 Å². The smallest absolute Gasteiger partial charge is 0.312 e. The van der Waals surface area contributed by atoms with Crippen LogP contribution in [0.5, 0.6) is 0 Å². The van der Waals surface area contributed by atoms with Gasteiger partial charge >= 0.3 is 6.03 Å². The molecule has 1 heterocycles. The van der Waals surface area contributed by atoms with Gasteiger partial charge in [-0.05, 0) is 31.0 Å². The number of aryl methyl sites for hydroxylation is 2. The summed E-state index contributed by atoms with van der Waals surface area (Å²) in [5.74, 6) is -0.401. The number of aromatic nitrogens is 1. The van der Waals surface area contributed by atoms with E-state index in [1.807, 2.05) is 43.3 Å². The van der Waals surface area contributed by atoms with Crippen molar-refractivity contribution in [3.8, 4) is 0 Å². The Morgan fingerprint density at radius 2 is 1.88 bits per heavy atom. The maximum Gasteiger partial charge on any atom is 0.312 e. The number of carbonyl (C=O) groups excluding carboxylic acids is 2. The average molecular weight is 342 g/mol. The van der Waals surface area contributed by atoms with Crippen LogP contribution >= 0.6 is 0 Å². The maximum absolute atomic E-state index is 12.5. The quantitative estimate of drug-likeness (QED) is 0.624. The molecule has 0 radical (unpaired) electrons. The summed E-state index contributed by atoms with van der Waals surface area (Å²) in [4.78, 5) is 38.4.